The molecule has 1 N–H and O–H groups in total. The van der Waals surface area contributed by atoms with Crippen molar-refractivity contribution in [3.8, 4) is 0 Å². The summed E-state index contributed by atoms with van der Waals surface area (Å²) >= 11 is 0. The van der Waals surface area contributed by atoms with Gasteiger partial charge in [0.25, 0.3) is 0 Å². The van der Waals surface area contributed by atoms with Crippen LogP contribution in [0.5, 0.6) is 0 Å². The topological polar surface area (TPSA) is 15.3 Å². The minimum atomic E-state index is -4.03. The van der Waals surface area contributed by atoms with Crippen molar-refractivity contribution < 1.29 is 13.2 Å². The molecule has 0 amide bonds. The summed E-state index contributed by atoms with van der Waals surface area (Å²) in [7, 11) is 0. The van der Waals surface area contributed by atoms with E-state index in [1.165, 1.54) is 0 Å². The van der Waals surface area contributed by atoms with Crippen LogP contribution in [0.25, 0.3) is 0 Å². The lowest BCUT2D eigenvalue weighted by molar-refractivity contribution is -0.138. The van der Waals surface area contributed by atoms with Crippen molar-refractivity contribution in [3.63, 3.8) is 0 Å². The molecule has 0 radical (unpaired) electrons. The van der Waals surface area contributed by atoms with Crippen LogP contribution < -0.4 is 5.32 Å². The maximum absolute atomic E-state index is 12.2. The molecule has 0 saturated carbocycles. The highest BCUT2D eigenvalue weighted by Crippen LogP contribution is 2.20. The van der Waals surface area contributed by atoms with Gasteiger partial charge in [-0.05, 0) is 32.4 Å². The van der Waals surface area contributed by atoms with Gasteiger partial charge in [0.05, 0.1) is 6.42 Å². The fraction of sp³-hybridized carbons (Fsp3) is 1.00. The molecule has 1 rings (SSSR count). The molecule has 2 nitrogen and oxygen atoms in total. The zero-order valence-electron chi connectivity index (χ0n) is 10.5. The van der Waals surface area contributed by atoms with E-state index in [0.717, 1.165) is 45.3 Å². The van der Waals surface area contributed by atoms with E-state index in [1.807, 2.05) is 4.90 Å². The standard InChI is InChI=1S/C12H23F3N2/c1-2-3-8-17(9-6-12(13,14)15)10-11-5-4-7-16-11/h11,16H,2-10H2,1H3. The minimum absolute atomic E-state index is 0.141. The molecule has 17 heavy (non-hydrogen) atoms. The summed E-state index contributed by atoms with van der Waals surface area (Å²) in [5, 5.41) is 3.34. The Bertz CT molecular complexity index is 200. The molecule has 0 aromatic rings. The van der Waals surface area contributed by atoms with Crippen molar-refractivity contribution in [2.45, 2.75) is 51.2 Å². The van der Waals surface area contributed by atoms with Gasteiger partial charge in [0, 0.05) is 19.1 Å². The van der Waals surface area contributed by atoms with Gasteiger partial charge in [-0.15, -0.1) is 0 Å². The normalized spacial score (nSPS) is 21.4. The van der Waals surface area contributed by atoms with Gasteiger partial charge in [0.2, 0.25) is 0 Å². The van der Waals surface area contributed by atoms with Gasteiger partial charge in [0.15, 0.2) is 0 Å². The Morgan fingerprint density at radius 2 is 2.06 bits per heavy atom. The summed E-state index contributed by atoms with van der Waals surface area (Å²) in [6.07, 6.45) is -0.484. The van der Waals surface area contributed by atoms with E-state index in [1.54, 1.807) is 0 Å². The molecule has 1 aliphatic rings. The molecule has 1 saturated heterocycles. The number of nitrogens with zero attached hydrogens (tertiary/aromatic N) is 1. The molecule has 1 atom stereocenters. The average molecular weight is 252 g/mol. The molecule has 1 fully saturated rings. The quantitative estimate of drug-likeness (QED) is 0.749. The monoisotopic (exact) mass is 252 g/mol. The first kappa shape index (κ1) is 14.8. The number of unbranched alkanes of at least 4 members (excludes halogenated alkanes) is 1. The lowest BCUT2D eigenvalue weighted by Crippen LogP contribution is -2.39. The van der Waals surface area contributed by atoms with E-state index in [4.69, 9.17) is 0 Å². The molecule has 102 valence electrons. The van der Waals surface area contributed by atoms with Crippen molar-refractivity contribution in [2.75, 3.05) is 26.2 Å². The molecule has 0 aliphatic carbocycles. The van der Waals surface area contributed by atoms with Crippen LogP contribution in [-0.4, -0.2) is 43.3 Å². The predicted molar refractivity (Wildman–Crippen MR) is 63.0 cm³/mol. The van der Waals surface area contributed by atoms with E-state index in [-0.39, 0.29) is 6.54 Å². The van der Waals surface area contributed by atoms with Crippen LogP contribution in [0.2, 0.25) is 0 Å². The number of nitrogens with one attached hydrogen (secondary N) is 1. The van der Waals surface area contributed by atoms with Gasteiger partial charge in [-0.1, -0.05) is 13.3 Å². The first-order valence-electron chi connectivity index (χ1n) is 6.54. The number of halogens is 3. The van der Waals surface area contributed by atoms with Gasteiger partial charge in [-0.25, -0.2) is 0 Å². The Labute approximate surface area is 102 Å². The van der Waals surface area contributed by atoms with Crippen LogP contribution in [0, 0.1) is 0 Å². The summed E-state index contributed by atoms with van der Waals surface area (Å²) in [4.78, 5) is 1.96. The zero-order valence-corrected chi connectivity index (χ0v) is 10.5. The third-order valence-corrected chi connectivity index (χ3v) is 3.18. The predicted octanol–water partition coefficient (Wildman–Crippen LogP) is 2.79. The number of alkyl halides is 3. The van der Waals surface area contributed by atoms with Crippen LogP contribution in [0.1, 0.15) is 39.0 Å². The summed E-state index contributed by atoms with van der Waals surface area (Å²) in [5.41, 5.74) is 0. The second kappa shape index (κ2) is 7.21. The molecule has 0 aromatic heterocycles. The molecule has 5 heteroatoms. The average Bonchev–Trinajstić information content (AvgIpc) is 2.73. The van der Waals surface area contributed by atoms with Crippen molar-refractivity contribution >= 4 is 0 Å². The number of hydrogen-bond donors (Lipinski definition) is 1. The number of rotatable bonds is 7. The van der Waals surface area contributed by atoms with Crippen molar-refractivity contribution in [3.05, 3.63) is 0 Å². The summed E-state index contributed by atoms with van der Waals surface area (Å²) < 4.78 is 36.6. The van der Waals surface area contributed by atoms with Gasteiger partial charge >= 0.3 is 6.18 Å². The first-order valence-corrected chi connectivity index (χ1v) is 6.54. The second-order valence-corrected chi connectivity index (χ2v) is 4.81. The van der Waals surface area contributed by atoms with E-state index >= 15 is 0 Å². The molecule has 1 aliphatic heterocycles. The Kier molecular flexibility index (Phi) is 6.27. The summed E-state index contributed by atoms with van der Waals surface area (Å²) in [5.74, 6) is 0. The fourth-order valence-corrected chi connectivity index (χ4v) is 2.19. The van der Waals surface area contributed by atoms with Crippen LogP contribution in [0.15, 0.2) is 0 Å². The second-order valence-electron chi connectivity index (χ2n) is 4.81. The van der Waals surface area contributed by atoms with E-state index in [0.29, 0.717) is 6.04 Å². The van der Waals surface area contributed by atoms with Crippen molar-refractivity contribution in [1.29, 1.82) is 0 Å². The highest BCUT2D eigenvalue weighted by atomic mass is 19.4. The zero-order chi connectivity index (χ0) is 12.7. The summed E-state index contributed by atoms with van der Waals surface area (Å²) in [6.45, 7) is 4.75. The van der Waals surface area contributed by atoms with Gasteiger partial charge in [-0.2, -0.15) is 13.2 Å². The Hall–Kier alpha value is -0.290. The molecular weight excluding hydrogens is 229 g/mol. The maximum atomic E-state index is 12.2. The molecule has 0 spiro atoms. The molecular formula is C12H23F3N2. The van der Waals surface area contributed by atoms with Crippen LogP contribution in [0.4, 0.5) is 13.2 Å². The van der Waals surface area contributed by atoms with Crippen molar-refractivity contribution in [2.24, 2.45) is 0 Å². The molecule has 1 unspecified atom stereocenters. The Morgan fingerprint density at radius 3 is 2.59 bits per heavy atom. The van der Waals surface area contributed by atoms with Gasteiger partial charge in [0.1, 0.15) is 0 Å². The Balaban J connectivity index is 2.30. The Morgan fingerprint density at radius 1 is 1.29 bits per heavy atom. The fourth-order valence-electron chi connectivity index (χ4n) is 2.19. The molecule has 0 bridgehead atoms. The molecule has 0 aromatic carbocycles. The highest BCUT2D eigenvalue weighted by molar-refractivity contribution is 4.78. The van der Waals surface area contributed by atoms with E-state index in [9.17, 15) is 13.2 Å². The minimum Gasteiger partial charge on any atom is -0.313 e. The SMILES string of the molecule is CCCCN(CCC(F)(F)F)CC1CCCN1. The van der Waals surface area contributed by atoms with Gasteiger partial charge < -0.3 is 10.2 Å². The third-order valence-electron chi connectivity index (χ3n) is 3.18. The number of hydrogen-bond acceptors (Lipinski definition) is 2. The van der Waals surface area contributed by atoms with Crippen LogP contribution >= 0.6 is 0 Å². The van der Waals surface area contributed by atoms with E-state index < -0.39 is 12.6 Å². The largest absolute Gasteiger partial charge is 0.390 e. The highest BCUT2D eigenvalue weighted by Gasteiger charge is 2.28. The lowest BCUT2D eigenvalue weighted by atomic mass is 10.2. The van der Waals surface area contributed by atoms with Crippen LogP contribution in [-0.2, 0) is 0 Å². The third kappa shape index (κ3) is 6.88. The summed E-state index contributed by atoms with van der Waals surface area (Å²) in [6, 6.07) is 0.389. The lowest BCUT2D eigenvalue weighted by Gasteiger charge is -2.26. The van der Waals surface area contributed by atoms with Crippen LogP contribution in [0.3, 0.4) is 0 Å². The first-order chi connectivity index (χ1) is 8.01. The smallest absolute Gasteiger partial charge is 0.313 e. The van der Waals surface area contributed by atoms with E-state index in [2.05, 4.69) is 12.2 Å². The maximum Gasteiger partial charge on any atom is 0.390 e. The van der Waals surface area contributed by atoms with Crippen molar-refractivity contribution in [1.82, 2.24) is 10.2 Å². The van der Waals surface area contributed by atoms with Gasteiger partial charge in [-0.3, -0.25) is 0 Å². The molecule has 1 heterocycles.